The summed E-state index contributed by atoms with van der Waals surface area (Å²) in [6, 6.07) is 2.43. The molecule has 2 aromatic heterocycles. The zero-order valence-electron chi connectivity index (χ0n) is 14.4. The lowest BCUT2D eigenvalue weighted by Crippen LogP contribution is -2.53. The molecule has 3 rings (SSSR count). The summed E-state index contributed by atoms with van der Waals surface area (Å²) >= 11 is 1.62. The van der Waals surface area contributed by atoms with Gasteiger partial charge in [-0.2, -0.15) is 0 Å². The summed E-state index contributed by atoms with van der Waals surface area (Å²) in [7, 11) is 1.77. The first-order chi connectivity index (χ1) is 11.8. The minimum Gasteiger partial charge on any atom is -0.383 e. The fourth-order valence-electron chi connectivity index (χ4n) is 3.11. The van der Waals surface area contributed by atoms with Gasteiger partial charge < -0.3 is 4.74 Å². The van der Waals surface area contributed by atoms with Crippen molar-refractivity contribution >= 4 is 11.3 Å². The Bertz CT molecular complexity index is 620. The topological polar surface area (TPSA) is 54.4 Å². The highest BCUT2D eigenvalue weighted by Gasteiger charge is 2.25. The standard InChI is InChI=1S/C17H25N5OS/c1-3-15-12-21(7-8-22(15)9-10-23-2)11-14-13-24-17(20-14)16-18-5-4-6-19-16/h4-6,13,15H,3,7-12H2,1-2H3. The number of thiazole rings is 1. The van der Waals surface area contributed by atoms with Crippen molar-refractivity contribution < 1.29 is 4.74 Å². The molecule has 0 spiro atoms. The molecular formula is C17H25N5OS. The Hall–Kier alpha value is -1.41. The van der Waals surface area contributed by atoms with Gasteiger partial charge in [-0.05, 0) is 12.5 Å². The fourth-order valence-corrected chi connectivity index (χ4v) is 3.87. The van der Waals surface area contributed by atoms with Crippen LogP contribution in [0.2, 0.25) is 0 Å². The van der Waals surface area contributed by atoms with Crippen LogP contribution in [0.3, 0.4) is 0 Å². The monoisotopic (exact) mass is 347 g/mol. The Morgan fingerprint density at radius 2 is 2.12 bits per heavy atom. The highest BCUT2D eigenvalue weighted by atomic mass is 32.1. The third kappa shape index (κ3) is 4.36. The van der Waals surface area contributed by atoms with Gasteiger partial charge in [-0.1, -0.05) is 6.92 Å². The molecule has 130 valence electrons. The van der Waals surface area contributed by atoms with E-state index in [2.05, 4.69) is 32.1 Å². The molecule has 1 fully saturated rings. The molecule has 1 aliphatic rings. The maximum Gasteiger partial charge on any atom is 0.188 e. The van der Waals surface area contributed by atoms with Crippen LogP contribution in [0.25, 0.3) is 10.8 Å². The van der Waals surface area contributed by atoms with Gasteiger partial charge in [0.2, 0.25) is 0 Å². The summed E-state index contributed by atoms with van der Waals surface area (Å²) in [6.45, 7) is 8.27. The second kappa shape index (κ2) is 8.62. The molecule has 0 radical (unpaired) electrons. The van der Waals surface area contributed by atoms with Crippen LogP contribution in [-0.4, -0.2) is 70.7 Å². The maximum atomic E-state index is 5.23. The first kappa shape index (κ1) is 17.4. The van der Waals surface area contributed by atoms with Crippen molar-refractivity contribution in [1.29, 1.82) is 0 Å². The quantitative estimate of drug-likeness (QED) is 0.765. The van der Waals surface area contributed by atoms with Gasteiger partial charge in [-0.25, -0.2) is 15.0 Å². The largest absolute Gasteiger partial charge is 0.383 e. The van der Waals surface area contributed by atoms with Crippen LogP contribution >= 0.6 is 11.3 Å². The number of aromatic nitrogens is 3. The molecule has 6 nitrogen and oxygen atoms in total. The fraction of sp³-hybridized carbons (Fsp3) is 0.588. The van der Waals surface area contributed by atoms with Gasteiger partial charge in [0.1, 0.15) is 0 Å². The van der Waals surface area contributed by atoms with E-state index in [9.17, 15) is 0 Å². The minimum atomic E-state index is 0.601. The summed E-state index contributed by atoms with van der Waals surface area (Å²) in [5, 5.41) is 3.03. The van der Waals surface area contributed by atoms with Crippen LogP contribution in [0.15, 0.2) is 23.8 Å². The number of hydrogen-bond acceptors (Lipinski definition) is 7. The van der Waals surface area contributed by atoms with Crippen molar-refractivity contribution in [2.75, 3.05) is 39.9 Å². The second-order valence-corrected chi connectivity index (χ2v) is 6.90. The maximum absolute atomic E-state index is 5.23. The first-order valence-corrected chi connectivity index (χ1v) is 9.35. The van der Waals surface area contributed by atoms with Crippen molar-refractivity contribution in [1.82, 2.24) is 24.8 Å². The Morgan fingerprint density at radius 1 is 1.29 bits per heavy atom. The summed E-state index contributed by atoms with van der Waals surface area (Å²) < 4.78 is 5.23. The van der Waals surface area contributed by atoms with Crippen LogP contribution in [0.4, 0.5) is 0 Å². The number of nitrogens with zero attached hydrogens (tertiary/aromatic N) is 5. The average molecular weight is 347 g/mol. The molecule has 1 unspecified atom stereocenters. The molecule has 1 atom stereocenters. The van der Waals surface area contributed by atoms with Gasteiger partial charge in [0.05, 0.1) is 12.3 Å². The Kier molecular flexibility index (Phi) is 6.25. The molecule has 1 aliphatic heterocycles. The Labute approximate surface area is 147 Å². The van der Waals surface area contributed by atoms with Crippen molar-refractivity contribution in [3.63, 3.8) is 0 Å². The van der Waals surface area contributed by atoms with E-state index in [1.807, 2.05) is 6.07 Å². The molecular weight excluding hydrogens is 322 g/mol. The van der Waals surface area contributed by atoms with E-state index in [0.717, 1.165) is 50.0 Å². The predicted molar refractivity (Wildman–Crippen MR) is 95.9 cm³/mol. The Morgan fingerprint density at radius 3 is 2.88 bits per heavy atom. The molecule has 1 saturated heterocycles. The lowest BCUT2D eigenvalue weighted by atomic mass is 10.1. The van der Waals surface area contributed by atoms with Crippen LogP contribution in [0.1, 0.15) is 19.0 Å². The van der Waals surface area contributed by atoms with Crippen molar-refractivity contribution in [2.45, 2.75) is 25.9 Å². The van der Waals surface area contributed by atoms with E-state index < -0.39 is 0 Å². The van der Waals surface area contributed by atoms with Gasteiger partial charge in [-0.15, -0.1) is 11.3 Å². The molecule has 2 aromatic rings. The van der Waals surface area contributed by atoms with Gasteiger partial charge in [-0.3, -0.25) is 9.80 Å². The molecule has 0 amide bonds. The summed E-state index contributed by atoms with van der Waals surface area (Å²) in [4.78, 5) is 18.3. The number of piperazine rings is 1. The SMILES string of the molecule is CCC1CN(Cc2csc(-c3ncccn3)n2)CCN1CCOC. The highest BCUT2D eigenvalue weighted by Crippen LogP contribution is 2.21. The normalized spacial score (nSPS) is 19.7. The zero-order chi connectivity index (χ0) is 16.8. The van der Waals surface area contributed by atoms with Crippen molar-refractivity contribution in [3.8, 4) is 10.8 Å². The van der Waals surface area contributed by atoms with Gasteiger partial charge >= 0.3 is 0 Å². The van der Waals surface area contributed by atoms with E-state index in [4.69, 9.17) is 9.72 Å². The number of ether oxygens (including phenoxy) is 1. The van der Waals surface area contributed by atoms with Gasteiger partial charge in [0, 0.05) is 63.6 Å². The number of methoxy groups -OCH3 is 1. The lowest BCUT2D eigenvalue weighted by Gasteiger charge is -2.40. The van der Waals surface area contributed by atoms with Gasteiger partial charge in [0.15, 0.2) is 10.8 Å². The zero-order valence-corrected chi connectivity index (χ0v) is 15.2. The van der Waals surface area contributed by atoms with Gasteiger partial charge in [0.25, 0.3) is 0 Å². The van der Waals surface area contributed by atoms with E-state index in [1.54, 1.807) is 30.8 Å². The van der Waals surface area contributed by atoms with E-state index in [1.165, 1.54) is 6.42 Å². The van der Waals surface area contributed by atoms with Crippen molar-refractivity contribution in [2.24, 2.45) is 0 Å². The highest BCUT2D eigenvalue weighted by molar-refractivity contribution is 7.13. The predicted octanol–water partition coefficient (Wildman–Crippen LogP) is 2.14. The molecule has 0 bridgehead atoms. The molecule has 3 heterocycles. The van der Waals surface area contributed by atoms with E-state index in [-0.39, 0.29) is 0 Å². The van der Waals surface area contributed by atoms with Crippen LogP contribution in [-0.2, 0) is 11.3 Å². The Balaban J connectivity index is 1.58. The number of rotatable bonds is 7. The average Bonchev–Trinajstić information content (AvgIpc) is 3.09. The second-order valence-electron chi connectivity index (χ2n) is 6.04. The molecule has 7 heteroatoms. The molecule has 24 heavy (non-hydrogen) atoms. The van der Waals surface area contributed by atoms with Crippen LogP contribution < -0.4 is 0 Å². The molecule has 0 N–H and O–H groups in total. The summed E-state index contributed by atoms with van der Waals surface area (Å²) in [6.07, 6.45) is 4.68. The first-order valence-electron chi connectivity index (χ1n) is 8.47. The third-order valence-corrected chi connectivity index (χ3v) is 5.32. The smallest absolute Gasteiger partial charge is 0.188 e. The van der Waals surface area contributed by atoms with Crippen molar-refractivity contribution in [3.05, 3.63) is 29.5 Å². The van der Waals surface area contributed by atoms with E-state index in [0.29, 0.717) is 11.9 Å². The summed E-state index contributed by atoms with van der Waals surface area (Å²) in [5.74, 6) is 0.713. The third-order valence-electron chi connectivity index (χ3n) is 4.44. The van der Waals surface area contributed by atoms with Crippen LogP contribution in [0.5, 0.6) is 0 Å². The van der Waals surface area contributed by atoms with Crippen LogP contribution in [0, 0.1) is 0 Å². The molecule has 0 aromatic carbocycles. The van der Waals surface area contributed by atoms with E-state index >= 15 is 0 Å². The minimum absolute atomic E-state index is 0.601. The number of hydrogen-bond donors (Lipinski definition) is 0. The summed E-state index contributed by atoms with van der Waals surface area (Å²) in [5.41, 5.74) is 1.11. The molecule has 0 aliphatic carbocycles. The lowest BCUT2D eigenvalue weighted by molar-refractivity contribution is 0.0461. The molecule has 0 saturated carbocycles.